The van der Waals surface area contributed by atoms with Crippen molar-refractivity contribution in [2.75, 3.05) is 24.2 Å². The number of benzene rings is 2. The van der Waals surface area contributed by atoms with E-state index in [4.69, 9.17) is 9.47 Å². The summed E-state index contributed by atoms with van der Waals surface area (Å²) in [5.41, 5.74) is 1.17. The zero-order valence-electron chi connectivity index (χ0n) is 16.5. The van der Waals surface area contributed by atoms with Gasteiger partial charge in [-0.15, -0.1) is 0 Å². The molecule has 0 saturated carbocycles. The second kappa shape index (κ2) is 9.45. The van der Waals surface area contributed by atoms with Crippen molar-refractivity contribution in [1.29, 1.82) is 0 Å². The van der Waals surface area contributed by atoms with Crippen LogP contribution < -0.4 is 19.1 Å². The van der Waals surface area contributed by atoms with Gasteiger partial charge in [-0.05, 0) is 32.0 Å². The highest BCUT2D eigenvalue weighted by Crippen LogP contribution is 2.24. The second-order valence-corrected chi connectivity index (χ2v) is 8.43. The second-order valence-electron chi connectivity index (χ2n) is 6.52. The van der Waals surface area contributed by atoms with Crippen molar-refractivity contribution in [1.82, 2.24) is 5.32 Å². The molecule has 0 spiro atoms. The first-order valence-electron chi connectivity index (χ1n) is 8.83. The lowest BCUT2D eigenvalue weighted by atomic mass is 10.2. The minimum Gasteiger partial charge on any atom is -0.496 e. The van der Waals surface area contributed by atoms with Crippen LogP contribution in [0.3, 0.4) is 0 Å². The van der Waals surface area contributed by atoms with E-state index in [1.165, 1.54) is 0 Å². The van der Waals surface area contributed by atoms with Crippen LogP contribution in [0.5, 0.6) is 11.5 Å². The molecule has 2 aromatic rings. The molecule has 8 heteroatoms. The number of carbonyl (C=O) groups excluding carboxylic acids is 1. The molecule has 0 aromatic heterocycles. The summed E-state index contributed by atoms with van der Waals surface area (Å²) in [5, 5.41) is 2.74. The van der Waals surface area contributed by atoms with E-state index in [9.17, 15) is 13.2 Å². The first kappa shape index (κ1) is 21.6. The first-order valence-corrected chi connectivity index (χ1v) is 10.7. The Kier molecular flexibility index (Phi) is 7.28. The van der Waals surface area contributed by atoms with E-state index in [0.717, 1.165) is 16.1 Å². The highest BCUT2D eigenvalue weighted by molar-refractivity contribution is 7.92. The quantitative estimate of drug-likeness (QED) is 0.692. The van der Waals surface area contributed by atoms with E-state index < -0.39 is 15.9 Å². The van der Waals surface area contributed by atoms with Crippen molar-refractivity contribution in [2.45, 2.75) is 26.5 Å². The van der Waals surface area contributed by atoms with Gasteiger partial charge in [0.1, 0.15) is 18.0 Å². The lowest BCUT2D eigenvalue weighted by Gasteiger charge is -2.23. The zero-order valence-corrected chi connectivity index (χ0v) is 17.3. The van der Waals surface area contributed by atoms with Gasteiger partial charge in [0.2, 0.25) is 15.9 Å². The third-order valence-electron chi connectivity index (χ3n) is 3.83. The molecule has 2 rings (SSSR count). The number of methoxy groups -OCH3 is 1. The maximum atomic E-state index is 12.4. The van der Waals surface area contributed by atoms with Crippen LogP contribution in [0.1, 0.15) is 19.4 Å². The third-order valence-corrected chi connectivity index (χ3v) is 4.97. The van der Waals surface area contributed by atoms with Crippen LogP contribution in [-0.4, -0.2) is 40.3 Å². The van der Waals surface area contributed by atoms with E-state index >= 15 is 0 Å². The largest absolute Gasteiger partial charge is 0.496 e. The molecule has 0 atom stereocenters. The smallest absolute Gasteiger partial charge is 0.241 e. The number of carbonyl (C=O) groups is 1. The summed E-state index contributed by atoms with van der Waals surface area (Å²) in [6.07, 6.45) is 1.02. The fourth-order valence-corrected chi connectivity index (χ4v) is 3.46. The summed E-state index contributed by atoms with van der Waals surface area (Å²) >= 11 is 0. The number of anilines is 1. The van der Waals surface area contributed by atoms with Crippen LogP contribution >= 0.6 is 0 Å². The fraction of sp³-hybridized carbons (Fsp3) is 0.350. The Morgan fingerprint density at radius 1 is 1.14 bits per heavy atom. The number of para-hydroxylation sites is 1. The van der Waals surface area contributed by atoms with Crippen molar-refractivity contribution in [3.05, 3.63) is 54.1 Å². The van der Waals surface area contributed by atoms with E-state index in [0.29, 0.717) is 17.2 Å². The molecule has 0 unspecified atom stereocenters. The van der Waals surface area contributed by atoms with Gasteiger partial charge in [0, 0.05) is 18.2 Å². The number of hydrogen-bond donors (Lipinski definition) is 1. The molecule has 0 fully saturated rings. The monoisotopic (exact) mass is 406 g/mol. The topological polar surface area (TPSA) is 84.9 Å². The maximum Gasteiger partial charge on any atom is 0.241 e. The average molecular weight is 407 g/mol. The fourth-order valence-electron chi connectivity index (χ4n) is 2.61. The Morgan fingerprint density at radius 3 is 2.50 bits per heavy atom. The summed E-state index contributed by atoms with van der Waals surface area (Å²) in [4.78, 5) is 12.4. The Labute approximate surface area is 166 Å². The molecule has 0 aliphatic carbocycles. The normalized spacial score (nSPS) is 11.2. The predicted octanol–water partition coefficient (Wildman–Crippen LogP) is 2.56. The van der Waals surface area contributed by atoms with Crippen LogP contribution in [0, 0.1) is 0 Å². The Hall–Kier alpha value is -2.74. The van der Waals surface area contributed by atoms with Crippen molar-refractivity contribution < 1.29 is 22.7 Å². The van der Waals surface area contributed by atoms with Gasteiger partial charge in [-0.3, -0.25) is 9.10 Å². The van der Waals surface area contributed by atoms with Crippen LogP contribution in [0.15, 0.2) is 48.5 Å². The molecule has 0 aliphatic rings. The molecule has 152 valence electrons. The van der Waals surface area contributed by atoms with Crippen molar-refractivity contribution in [3.8, 4) is 11.5 Å². The van der Waals surface area contributed by atoms with Gasteiger partial charge >= 0.3 is 0 Å². The number of nitrogens with zero attached hydrogens (tertiary/aromatic N) is 1. The third kappa shape index (κ3) is 6.16. The number of sulfonamides is 1. The summed E-state index contributed by atoms with van der Waals surface area (Å²) in [5.74, 6) is 0.767. The Bertz CT molecular complexity index is 912. The van der Waals surface area contributed by atoms with Crippen LogP contribution in [0.25, 0.3) is 0 Å². The molecule has 7 nitrogen and oxygen atoms in total. The van der Waals surface area contributed by atoms with E-state index in [1.807, 2.05) is 32.0 Å². The molecule has 0 bridgehead atoms. The molecule has 0 heterocycles. The van der Waals surface area contributed by atoms with E-state index in [2.05, 4.69) is 5.32 Å². The van der Waals surface area contributed by atoms with Gasteiger partial charge in [-0.1, -0.05) is 24.3 Å². The first-order chi connectivity index (χ1) is 13.2. The summed E-state index contributed by atoms with van der Waals surface area (Å²) in [6.45, 7) is 3.66. The average Bonchev–Trinajstić information content (AvgIpc) is 2.63. The SMILES string of the molecule is COc1ccccc1CNC(=O)CN(c1cccc(OC(C)C)c1)S(C)(=O)=O. The number of ether oxygens (including phenoxy) is 2. The van der Waals surface area contributed by atoms with Crippen LogP contribution in [-0.2, 0) is 21.4 Å². The zero-order chi connectivity index (χ0) is 20.7. The molecule has 2 aromatic carbocycles. The summed E-state index contributed by atoms with van der Waals surface area (Å²) < 4.78 is 36.4. The minimum absolute atomic E-state index is 0.0499. The number of nitrogens with one attached hydrogen (secondary N) is 1. The number of amides is 1. The van der Waals surface area contributed by atoms with Crippen molar-refractivity contribution in [3.63, 3.8) is 0 Å². The molecular formula is C20H26N2O5S. The number of hydrogen-bond acceptors (Lipinski definition) is 5. The molecule has 1 N–H and O–H groups in total. The highest BCUT2D eigenvalue weighted by atomic mass is 32.2. The Morgan fingerprint density at radius 2 is 1.86 bits per heavy atom. The van der Waals surface area contributed by atoms with Crippen molar-refractivity contribution in [2.24, 2.45) is 0 Å². The summed E-state index contributed by atoms with van der Waals surface area (Å²) in [6, 6.07) is 14.0. The maximum absolute atomic E-state index is 12.4. The predicted molar refractivity (Wildman–Crippen MR) is 109 cm³/mol. The van der Waals surface area contributed by atoms with Gasteiger partial charge in [-0.2, -0.15) is 0 Å². The minimum atomic E-state index is -3.66. The van der Waals surface area contributed by atoms with Crippen molar-refractivity contribution >= 4 is 21.6 Å². The van der Waals surface area contributed by atoms with E-state index in [1.54, 1.807) is 37.4 Å². The van der Waals surface area contributed by atoms with Crippen LogP contribution in [0.2, 0.25) is 0 Å². The lowest BCUT2D eigenvalue weighted by molar-refractivity contribution is -0.119. The standard InChI is InChI=1S/C20H26N2O5S/c1-15(2)27-18-10-7-9-17(12-18)22(28(4,24)25)14-20(23)21-13-16-8-5-6-11-19(16)26-3/h5-12,15H,13-14H2,1-4H3,(H,21,23). The van der Waals surface area contributed by atoms with Crippen LogP contribution in [0.4, 0.5) is 5.69 Å². The number of rotatable bonds is 9. The highest BCUT2D eigenvalue weighted by Gasteiger charge is 2.21. The van der Waals surface area contributed by atoms with Gasteiger partial charge in [0.25, 0.3) is 0 Å². The summed E-state index contributed by atoms with van der Waals surface area (Å²) in [7, 11) is -2.11. The molecule has 0 saturated heterocycles. The molecule has 28 heavy (non-hydrogen) atoms. The van der Waals surface area contributed by atoms with Gasteiger partial charge in [0.15, 0.2) is 0 Å². The van der Waals surface area contributed by atoms with Gasteiger partial charge < -0.3 is 14.8 Å². The molecule has 1 amide bonds. The van der Waals surface area contributed by atoms with Gasteiger partial charge in [-0.25, -0.2) is 8.42 Å². The lowest BCUT2D eigenvalue weighted by Crippen LogP contribution is -2.40. The van der Waals surface area contributed by atoms with E-state index in [-0.39, 0.29) is 19.2 Å². The van der Waals surface area contributed by atoms with Gasteiger partial charge in [0.05, 0.1) is 25.2 Å². The molecule has 0 radical (unpaired) electrons. The molecular weight excluding hydrogens is 380 g/mol. The Balaban J connectivity index is 2.13. The molecule has 0 aliphatic heterocycles.